The van der Waals surface area contributed by atoms with Gasteiger partial charge in [-0.05, 0) is 41.8 Å². The fourth-order valence-electron chi connectivity index (χ4n) is 3.60. The van der Waals surface area contributed by atoms with Crippen molar-refractivity contribution in [2.45, 2.75) is 0 Å². The maximum Gasteiger partial charge on any atom is 0.255 e. The molecule has 1 amide bonds. The van der Waals surface area contributed by atoms with E-state index in [1.54, 1.807) is 12.1 Å². The van der Waals surface area contributed by atoms with Gasteiger partial charge in [-0.1, -0.05) is 59.6 Å². The summed E-state index contributed by atoms with van der Waals surface area (Å²) in [5.74, 6) is 0.454. The van der Waals surface area contributed by atoms with Crippen molar-refractivity contribution >= 4 is 56.7 Å². The molecule has 4 aromatic carbocycles. The lowest BCUT2D eigenvalue weighted by Gasteiger charge is -2.10. The van der Waals surface area contributed by atoms with Crippen LogP contribution in [-0.4, -0.2) is 18.0 Å². The van der Waals surface area contributed by atoms with Crippen LogP contribution in [0.3, 0.4) is 0 Å². The molecule has 1 heterocycles. The van der Waals surface area contributed by atoms with Crippen LogP contribution in [0.5, 0.6) is 5.75 Å². The monoisotopic (exact) mass is 462 g/mol. The van der Waals surface area contributed by atoms with Gasteiger partial charge in [-0.3, -0.25) is 4.79 Å². The van der Waals surface area contributed by atoms with Crippen LogP contribution in [0.1, 0.15) is 10.4 Å². The average Bonchev–Trinajstić information content (AvgIpc) is 3.24. The number of hydrogen-bond acceptors (Lipinski definition) is 4. The molecule has 5 nitrogen and oxygen atoms in total. The maximum absolute atomic E-state index is 12.7. The van der Waals surface area contributed by atoms with Gasteiger partial charge in [-0.25, -0.2) is 4.98 Å². The van der Waals surface area contributed by atoms with E-state index in [-0.39, 0.29) is 16.0 Å². The van der Waals surface area contributed by atoms with E-state index in [1.165, 1.54) is 19.2 Å². The number of fused-ring (bicyclic) bond motifs is 3. The van der Waals surface area contributed by atoms with Crippen molar-refractivity contribution in [1.82, 2.24) is 4.98 Å². The summed E-state index contributed by atoms with van der Waals surface area (Å²) >= 11 is 12.3. The smallest absolute Gasteiger partial charge is 0.255 e. The van der Waals surface area contributed by atoms with Crippen LogP contribution in [0.2, 0.25) is 10.0 Å². The number of rotatable bonds is 4. The number of nitrogens with one attached hydrogen (secondary N) is 1. The molecule has 5 aromatic rings. The van der Waals surface area contributed by atoms with E-state index in [1.807, 2.05) is 48.5 Å². The van der Waals surface area contributed by atoms with Crippen molar-refractivity contribution in [3.05, 3.63) is 88.4 Å². The van der Waals surface area contributed by atoms with Crippen molar-refractivity contribution in [3.8, 4) is 17.2 Å². The predicted octanol–water partition coefficient (Wildman–Crippen LogP) is 7.22. The number of halogens is 2. The number of oxazole rings is 1. The van der Waals surface area contributed by atoms with Gasteiger partial charge in [0.15, 0.2) is 11.3 Å². The van der Waals surface area contributed by atoms with E-state index >= 15 is 0 Å². The van der Waals surface area contributed by atoms with Gasteiger partial charge < -0.3 is 14.5 Å². The summed E-state index contributed by atoms with van der Waals surface area (Å²) in [7, 11) is 1.47. The molecule has 7 heteroatoms. The number of benzene rings is 4. The molecule has 0 aliphatic carbocycles. The SMILES string of the molecule is COc1c(Cl)cc(C(=O)Nc2cccc(-c3nc4c(ccc5ccccc54)o3)c2)cc1Cl. The molecule has 1 aromatic heterocycles. The minimum atomic E-state index is -0.350. The zero-order valence-corrected chi connectivity index (χ0v) is 18.4. The molecule has 1 N–H and O–H groups in total. The highest BCUT2D eigenvalue weighted by Crippen LogP contribution is 2.34. The molecule has 5 rings (SSSR count). The molecule has 0 saturated heterocycles. The average molecular weight is 463 g/mol. The maximum atomic E-state index is 12.7. The highest BCUT2D eigenvalue weighted by molar-refractivity contribution is 6.37. The highest BCUT2D eigenvalue weighted by atomic mass is 35.5. The molecule has 0 unspecified atom stereocenters. The van der Waals surface area contributed by atoms with Crippen LogP contribution >= 0.6 is 23.2 Å². The van der Waals surface area contributed by atoms with Gasteiger partial charge >= 0.3 is 0 Å². The molecular formula is C25H16Cl2N2O3. The third-order valence-electron chi connectivity index (χ3n) is 5.12. The quantitative estimate of drug-likeness (QED) is 0.306. The van der Waals surface area contributed by atoms with Gasteiger partial charge in [-0.2, -0.15) is 0 Å². The number of carbonyl (C=O) groups excluding carboxylic acids is 1. The fraction of sp³-hybridized carbons (Fsp3) is 0.0400. The van der Waals surface area contributed by atoms with Crippen molar-refractivity contribution < 1.29 is 13.9 Å². The molecule has 158 valence electrons. The van der Waals surface area contributed by atoms with E-state index in [9.17, 15) is 4.79 Å². The molecule has 0 saturated carbocycles. The van der Waals surface area contributed by atoms with E-state index in [0.717, 1.165) is 21.9 Å². The van der Waals surface area contributed by atoms with Crippen molar-refractivity contribution in [1.29, 1.82) is 0 Å². The summed E-state index contributed by atoms with van der Waals surface area (Å²) in [6.45, 7) is 0. The Kier molecular flexibility index (Phi) is 5.21. The Morgan fingerprint density at radius 3 is 2.53 bits per heavy atom. The van der Waals surface area contributed by atoms with Gasteiger partial charge in [0.25, 0.3) is 5.91 Å². The largest absolute Gasteiger partial charge is 0.494 e. The van der Waals surface area contributed by atoms with Crippen LogP contribution in [0, 0.1) is 0 Å². The lowest BCUT2D eigenvalue weighted by atomic mass is 10.1. The van der Waals surface area contributed by atoms with Crippen LogP contribution in [0.4, 0.5) is 5.69 Å². The fourth-order valence-corrected chi connectivity index (χ4v) is 4.25. The summed E-state index contributed by atoms with van der Waals surface area (Å²) in [5.41, 5.74) is 3.15. The Labute approximate surface area is 193 Å². The molecule has 32 heavy (non-hydrogen) atoms. The van der Waals surface area contributed by atoms with Crippen molar-refractivity contribution in [2.24, 2.45) is 0 Å². The molecule has 0 bridgehead atoms. The van der Waals surface area contributed by atoms with Crippen LogP contribution in [-0.2, 0) is 0 Å². The second kappa shape index (κ2) is 8.19. The highest BCUT2D eigenvalue weighted by Gasteiger charge is 2.15. The molecule has 0 aliphatic rings. The van der Waals surface area contributed by atoms with Gasteiger partial charge in [0.1, 0.15) is 5.52 Å². The van der Waals surface area contributed by atoms with Gasteiger partial charge in [0, 0.05) is 22.2 Å². The van der Waals surface area contributed by atoms with Crippen molar-refractivity contribution in [2.75, 3.05) is 12.4 Å². The van der Waals surface area contributed by atoms with E-state index in [2.05, 4.69) is 5.32 Å². The molecule has 0 fully saturated rings. The number of amides is 1. The first-order valence-electron chi connectivity index (χ1n) is 9.76. The molecule has 0 spiro atoms. The first-order valence-corrected chi connectivity index (χ1v) is 10.5. The van der Waals surface area contributed by atoms with Gasteiger partial charge in [0.2, 0.25) is 5.89 Å². The zero-order valence-electron chi connectivity index (χ0n) is 16.9. The standard InChI is InChI=1S/C25H16Cl2N2O3/c1-31-23-19(26)12-16(13-20(23)27)24(30)28-17-7-4-6-15(11-17)25-29-22-18-8-3-2-5-14(18)9-10-21(22)32-25/h2-13H,1H3,(H,28,30). The number of nitrogens with zero attached hydrogens (tertiary/aromatic N) is 1. The number of anilines is 1. The second-order valence-electron chi connectivity index (χ2n) is 7.16. The Morgan fingerprint density at radius 1 is 0.969 bits per heavy atom. The summed E-state index contributed by atoms with van der Waals surface area (Å²) in [6, 6.07) is 22.3. The zero-order chi connectivity index (χ0) is 22.2. The summed E-state index contributed by atoms with van der Waals surface area (Å²) in [6.07, 6.45) is 0. The number of carbonyl (C=O) groups is 1. The summed E-state index contributed by atoms with van der Waals surface area (Å²) in [4.78, 5) is 17.4. The summed E-state index contributed by atoms with van der Waals surface area (Å²) < 4.78 is 11.1. The second-order valence-corrected chi connectivity index (χ2v) is 7.97. The van der Waals surface area contributed by atoms with Crippen LogP contribution < -0.4 is 10.1 Å². The summed E-state index contributed by atoms with van der Waals surface area (Å²) in [5, 5.41) is 5.50. The first kappa shape index (κ1) is 20.4. The minimum Gasteiger partial charge on any atom is -0.494 e. The third kappa shape index (κ3) is 3.66. The first-order chi connectivity index (χ1) is 15.5. The van der Waals surface area contributed by atoms with E-state index in [0.29, 0.717) is 28.5 Å². The number of ether oxygens (including phenoxy) is 1. The molecular weight excluding hydrogens is 447 g/mol. The normalized spacial score (nSPS) is 11.1. The Hall–Kier alpha value is -3.54. The third-order valence-corrected chi connectivity index (χ3v) is 5.68. The lowest BCUT2D eigenvalue weighted by molar-refractivity contribution is 0.102. The Balaban J connectivity index is 1.46. The number of aromatic nitrogens is 1. The van der Waals surface area contributed by atoms with Gasteiger partial charge in [0.05, 0.1) is 17.2 Å². The Morgan fingerprint density at radius 2 is 1.75 bits per heavy atom. The molecule has 0 aliphatic heterocycles. The molecule has 0 atom stereocenters. The van der Waals surface area contributed by atoms with Crippen molar-refractivity contribution in [3.63, 3.8) is 0 Å². The van der Waals surface area contributed by atoms with Crippen LogP contribution in [0.25, 0.3) is 33.3 Å². The minimum absolute atomic E-state index is 0.262. The Bertz CT molecular complexity index is 1470. The predicted molar refractivity (Wildman–Crippen MR) is 128 cm³/mol. The number of methoxy groups -OCH3 is 1. The molecule has 0 radical (unpaired) electrons. The number of hydrogen-bond donors (Lipinski definition) is 1. The topological polar surface area (TPSA) is 64.4 Å². The van der Waals surface area contributed by atoms with E-state index < -0.39 is 0 Å². The lowest BCUT2D eigenvalue weighted by Crippen LogP contribution is -2.12. The van der Waals surface area contributed by atoms with Gasteiger partial charge in [-0.15, -0.1) is 0 Å². The van der Waals surface area contributed by atoms with E-state index in [4.69, 9.17) is 37.3 Å². The van der Waals surface area contributed by atoms with Crippen LogP contribution in [0.15, 0.2) is 77.2 Å².